The quantitative estimate of drug-likeness (QED) is 0.433. The summed E-state index contributed by atoms with van der Waals surface area (Å²) in [5.41, 5.74) is 2.87. The van der Waals surface area contributed by atoms with Crippen LogP contribution in [0.15, 0.2) is 65.8 Å². The molecule has 1 amide bonds. The Bertz CT molecular complexity index is 1150. The van der Waals surface area contributed by atoms with Gasteiger partial charge < -0.3 is 15.0 Å². The number of carbonyl (C=O) groups excluding carboxylic acids is 1. The van der Waals surface area contributed by atoms with E-state index in [1.807, 2.05) is 53.1 Å². The molecule has 31 heavy (non-hydrogen) atoms. The number of rotatable bonds is 7. The van der Waals surface area contributed by atoms with Crippen LogP contribution in [0, 0.1) is 0 Å². The Morgan fingerprint density at radius 1 is 1.16 bits per heavy atom. The fourth-order valence-electron chi connectivity index (χ4n) is 3.76. The number of hydrogen-bond acceptors (Lipinski definition) is 5. The smallest absolute Gasteiger partial charge is 0.230 e. The summed E-state index contributed by atoms with van der Waals surface area (Å²) in [7, 11) is 0. The number of carbonyl (C=O) groups is 1. The number of amides is 1. The maximum Gasteiger partial charge on any atom is 0.230 e. The van der Waals surface area contributed by atoms with Crippen molar-refractivity contribution >= 4 is 28.6 Å². The van der Waals surface area contributed by atoms with Gasteiger partial charge in [0.1, 0.15) is 0 Å². The lowest BCUT2D eigenvalue weighted by Crippen LogP contribution is -2.32. The molecule has 4 aromatic rings. The van der Waals surface area contributed by atoms with Gasteiger partial charge in [0.2, 0.25) is 5.91 Å². The van der Waals surface area contributed by atoms with Crippen LogP contribution in [0.25, 0.3) is 28.1 Å². The molecule has 1 atom stereocenters. The number of fused-ring (bicyclic) bond motifs is 1. The molecule has 0 bridgehead atoms. The van der Waals surface area contributed by atoms with Gasteiger partial charge >= 0.3 is 0 Å². The van der Waals surface area contributed by atoms with Crippen molar-refractivity contribution in [2.45, 2.75) is 24.1 Å². The average molecular weight is 434 g/mol. The highest BCUT2D eigenvalue weighted by molar-refractivity contribution is 7.99. The second kappa shape index (κ2) is 8.95. The fourth-order valence-corrected chi connectivity index (χ4v) is 4.54. The lowest BCUT2D eigenvalue weighted by atomic mass is 10.2. The molecular weight excluding hydrogens is 410 g/mol. The monoisotopic (exact) mass is 433 g/mol. The summed E-state index contributed by atoms with van der Waals surface area (Å²) in [4.78, 5) is 15.8. The lowest BCUT2D eigenvalue weighted by Gasteiger charge is -2.11. The highest BCUT2D eigenvalue weighted by Crippen LogP contribution is 2.29. The number of thioether (sulfide) groups is 1. The molecule has 1 aliphatic rings. The number of aromatic amines is 1. The average Bonchev–Trinajstić information content (AvgIpc) is 3.55. The molecule has 0 aliphatic carbocycles. The molecule has 0 unspecified atom stereocenters. The van der Waals surface area contributed by atoms with Crippen molar-refractivity contribution in [2.24, 2.45) is 0 Å². The SMILES string of the molecule is O=C(CSc1nnc(-c2cc3ccccc3[nH]2)n1-c1ccccc1)NC[C@H]1CCCO1. The second-order valence-corrected chi connectivity index (χ2v) is 8.42. The van der Waals surface area contributed by atoms with Crippen molar-refractivity contribution in [2.75, 3.05) is 18.9 Å². The Morgan fingerprint density at radius 2 is 2.00 bits per heavy atom. The molecule has 7 nitrogen and oxygen atoms in total. The second-order valence-electron chi connectivity index (χ2n) is 7.48. The van der Waals surface area contributed by atoms with E-state index in [9.17, 15) is 4.79 Å². The first kappa shape index (κ1) is 19.8. The molecule has 1 aliphatic heterocycles. The molecule has 0 radical (unpaired) electrons. The molecule has 3 heterocycles. The van der Waals surface area contributed by atoms with Gasteiger partial charge in [0.15, 0.2) is 11.0 Å². The molecule has 5 rings (SSSR count). The van der Waals surface area contributed by atoms with E-state index in [-0.39, 0.29) is 17.8 Å². The van der Waals surface area contributed by atoms with E-state index in [1.54, 1.807) is 0 Å². The Labute approximate surface area is 184 Å². The summed E-state index contributed by atoms with van der Waals surface area (Å²) < 4.78 is 7.56. The minimum Gasteiger partial charge on any atom is -0.376 e. The third kappa shape index (κ3) is 4.35. The van der Waals surface area contributed by atoms with Crippen LogP contribution in [0.5, 0.6) is 0 Å². The van der Waals surface area contributed by atoms with Crippen LogP contribution >= 0.6 is 11.8 Å². The van der Waals surface area contributed by atoms with Gasteiger partial charge in [-0.1, -0.05) is 48.2 Å². The van der Waals surface area contributed by atoms with Gasteiger partial charge in [-0.25, -0.2) is 0 Å². The van der Waals surface area contributed by atoms with E-state index in [1.165, 1.54) is 11.8 Å². The van der Waals surface area contributed by atoms with Gasteiger partial charge in [0.05, 0.1) is 17.6 Å². The standard InChI is InChI=1S/C23H23N5O2S/c29-21(24-14-18-10-6-12-30-18)15-31-23-27-26-22(28(23)17-8-2-1-3-9-17)20-13-16-7-4-5-11-19(16)25-20/h1-5,7-9,11,13,18,25H,6,10,12,14-15H2,(H,24,29)/t18-/m1/s1. The Morgan fingerprint density at radius 3 is 2.81 bits per heavy atom. The van der Waals surface area contributed by atoms with Crippen LogP contribution in [-0.2, 0) is 9.53 Å². The van der Waals surface area contributed by atoms with Crippen LogP contribution in [0.3, 0.4) is 0 Å². The topological polar surface area (TPSA) is 84.8 Å². The van der Waals surface area contributed by atoms with Crippen molar-refractivity contribution in [1.82, 2.24) is 25.1 Å². The highest BCUT2D eigenvalue weighted by atomic mass is 32.2. The van der Waals surface area contributed by atoms with E-state index in [0.717, 1.165) is 41.7 Å². The highest BCUT2D eigenvalue weighted by Gasteiger charge is 2.20. The maximum atomic E-state index is 12.4. The number of nitrogens with zero attached hydrogens (tertiary/aromatic N) is 3. The van der Waals surface area contributed by atoms with E-state index in [0.29, 0.717) is 17.5 Å². The lowest BCUT2D eigenvalue weighted by molar-refractivity contribution is -0.119. The normalized spacial score (nSPS) is 16.1. The van der Waals surface area contributed by atoms with Gasteiger partial charge in [-0.2, -0.15) is 0 Å². The number of ether oxygens (including phenoxy) is 1. The summed E-state index contributed by atoms with van der Waals surface area (Å²) in [6.45, 7) is 1.34. The summed E-state index contributed by atoms with van der Waals surface area (Å²) >= 11 is 1.38. The minimum atomic E-state index is -0.0322. The van der Waals surface area contributed by atoms with Gasteiger partial charge in [-0.3, -0.25) is 9.36 Å². The third-order valence-electron chi connectivity index (χ3n) is 5.30. The number of hydrogen-bond donors (Lipinski definition) is 2. The molecule has 1 fully saturated rings. The minimum absolute atomic E-state index is 0.0322. The molecule has 1 saturated heterocycles. The number of benzene rings is 2. The van der Waals surface area contributed by atoms with Crippen molar-refractivity contribution in [1.29, 1.82) is 0 Å². The Balaban J connectivity index is 1.39. The first-order valence-corrected chi connectivity index (χ1v) is 11.4. The molecule has 8 heteroatoms. The van der Waals surface area contributed by atoms with Crippen LogP contribution in [0.1, 0.15) is 12.8 Å². The van der Waals surface area contributed by atoms with Crippen molar-refractivity contribution in [3.05, 3.63) is 60.7 Å². The van der Waals surface area contributed by atoms with E-state index < -0.39 is 0 Å². The summed E-state index contributed by atoms with van der Waals surface area (Å²) in [5.74, 6) is 0.949. The Hall–Kier alpha value is -3.10. The summed E-state index contributed by atoms with van der Waals surface area (Å²) in [5, 5.41) is 13.6. The number of H-pyrrole nitrogens is 1. The first-order chi connectivity index (χ1) is 15.3. The van der Waals surface area contributed by atoms with Gasteiger partial charge in [-0.15, -0.1) is 10.2 Å². The zero-order valence-electron chi connectivity index (χ0n) is 17.0. The number of para-hydroxylation sites is 2. The summed E-state index contributed by atoms with van der Waals surface area (Å²) in [6, 6.07) is 20.1. The first-order valence-electron chi connectivity index (χ1n) is 10.4. The van der Waals surface area contributed by atoms with E-state index in [2.05, 4.69) is 32.6 Å². The van der Waals surface area contributed by atoms with Crippen LogP contribution in [0.2, 0.25) is 0 Å². The number of aromatic nitrogens is 4. The predicted molar refractivity (Wildman–Crippen MR) is 121 cm³/mol. The number of nitrogens with one attached hydrogen (secondary N) is 2. The van der Waals surface area contributed by atoms with E-state index in [4.69, 9.17) is 4.74 Å². The molecule has 158 valence electrons. The molecule has 2 aromatic carbocycles. The van der Waals surface area contributed by atoms with Crippen LogP contribution in [-0.4, -0.2) is 50.7 Å². The molecular formula is C23H23N5O2S. The third-order valence-corrected chi connectivity index (χ3v) is 6.23. The van der Waals surface area contributed by atoms with Crippen LogP contribution < -0.4 is 5.32 Å². The van der Waals surface area contributed by atoms with E-state index >= 15 is 0 Å². The molecule has 2 N–H and O–H groups in total. The Kier molecular flexibility index (Phi) is 5.73. The van der Waals surface area contributed by atoms with Gasteiger partial charge in [0, 0.05) is 29.7 Å². The van der Waals surface area contributed by atoms with Gasteiger partial charge in [0.25, 0.3) is 0 Å². The van der Waals surface area contributed by atoms with Crippen molar-refractivity contribution in [3.63, 3.8) is 0 Å². The molecule has 2 aromatic heterocycles. The molecule has 0 saturated carbocycles. The molecule has 0 spiro atoms. The summed E-state index contributed by atoms with van der Waals surface area (Å²) in [6.07, 6.45) is 2.20. The van der Waals surface area contributed by atoms with Crippen molar-refractivity contribution < 1.29 is 9.53 Å². The van der Waals surface area contributed by atoms with Crippen LogP contribution in [0.4, 0.5) is 0 Å². The zero-order chi connectivity index (χ0) is 21.0. The predicted octanol–water partition coefficient (Wildman–Crippen LogP) is 3.80. The zero-order valence-corrected chi connectivity index (χ0v) is 17.8. The largest absolute Gasteiger partial charge is 0.376 e. The van der Waals surface area contributed by atoms with Crippen molar-refractivity contribution in [3.8, 4) is 17.2 Å². The fraction of sp³-hybridized carbons (Fsp3) is 0.261. The van der Waals surface area contributed by atoms with Gasteiger partial charge in [-0.05, 0) is 37.1 Å². The maximum absolute atomic E-state index is 12.4.